The Morgan fingerprint density at radius 1 is 1.12 bits per heavy atom. The first kappa shape index (κ1) is 16.6. The van der Waals surface area contributed by atoms with Crippen LogP contribution in [0.5, 0.6) is 0 Å². The van der Waals surface area contributed by atoms with Gasteiger partial charge in [-0.05, 0) is 61.8 Å². The van der Waals surface area contributed by atoms with Gasteiger partial charge >= 0.3 is 0 Å². The van der Waals surface area contributed by atoms with Crippen LogP contribution in [0.15, 0.2) is 48.5 Å². The quantitative estimate of drug-likeness (QED) is 0.709. The summed E-state index contributed by atoms with van der Waals surface area (Å²) in [6, 6.07) is 17.2. The lowest BCUT2D eigenvalue weighted by atomic mass is 10.0. The van der Waals surface area contributed by atoms with Crippen molar-refractivity contribution in [2.24, 2.45) is 5.92 Å². The molecule has 4 heteroatoms. The number of imidazole rings is 1. The molecule has 1 aliphatic heterocycles. The Morgan fingerprint density at radius 2 is 1.92 bits per heavy atom. The molecule has 130 valence electrons. The van der Waals surface area contributed by atoms with Crippen LogP contribution in [0, 0.1) is 17.6 Å². The van der Waals surface area contributed by atoms with Crippen molar-refractivity contribution in [2.45, 2.75) is 33.4 Å². The first-order valence-electron chi connectivity index (χ1n) is 9.24. The van der Waals surface area contributed by atoms with Crippen molar-refractivity contribution in [3.05, 3.63) is 58.9 Å². The van der Waals surface area contributed by atoms with E-state index in [4.69, 9.17) is 12.2 Å². The van der Waals surface area contributed by atoms with E-state index in [1.54, 1.807) is 4.90 Å². The monoisotopic (exact) mass is 352 g/mol. The fourth-order valence-electron chi connectivity index (χ4n) is 4.14. The number of benzene rings is 2. The minimum Gasteiger partial charge on any atom is -0.317 e. The molecule has 3 aromatic rings. The topological polar surface area (TPSA) is 14.3 Å². The summed E-state index contributed by atoms with van der Waals surface area (Å²) in [4.78, 5) is 1.64. The molecule has 1 fully saturated rings. The van der Waals surface area contributed by atoms with Crippen molar-refractivity contribution < 1.29 is 4.90 Å². The predicted octanol–water partition coefficient (Wildman–Crippen LogP) is 3.74. The van der Waals surface area contributed by atoms with Crippen LogP contribution in [0.1, 0.15) is 25.3 Å². The maximum Gasteiger partial charge on any atom is 0.189 e. The van der Waals surface area contributed by atoms with Gasteiger partial charge in [-0.15, -0.1) is 0 Å². The van der Waals surface area contributed by atoms with Gasteiger partial charge in [-0.2, -0.15) is 0 Å². The average molecular weight is 353 g/mol. The normalized spacial score (nSPS) is 20.9. The van der Waals surface area contributed by atoms with Crippen LogP contribution in [-0.4, -0.2) is 22.2 Å². The number of nitrogens with one attached hydrogen (secondary N) is 1. The fourth-order valence-corrected chi connectivity index (χ4v) is 4.51. The Bertz CT molecular complexity index is 953. The van der Waals surface area contributed by atoms with E-state index in [2.05, 4.69) is 71.5 Å². The molecule has 0 radical (unpaired) electrons. The second kappa shape index (κ2) is 6.77. The molecule has 0 saturated carbocycles. The lowest BCUT2D eigenvalue weighted by Crippen LogP contribution is -3.12. The van der Waals surface area contributed by atoms with Gasteiger partial charge in [0.15, 0.2) is 11.4 Å². The second-order valence-electron chi connectivity index (χ2n) is 7.48. The van der Waals surface area contributed by atoms with Gasteiger partial charge in [0.2, 0.25) is 0 Å². The highest BCUT2D eigenvalue weighted by molar-refractivity contribution is 7.71. The van der Waals surface area contributed by atoms with E-state index in [-0.39, 0.29) is 0 Å². The Hall–Kier alpha value is -1.91. The average Bonchev–Trinajstić information content (AvgIpc) is 2.87. The number of aryl methyl sites for hydroxylation is 1. The minimum atomic E-state index is 0.808. The number of fused-ring (bicyclic) bond motifs is 1. The summed E-state index contributed by atoms with van der Waals surface area (Å²) < 4.78 is 5.46. The molecule has 1 N–H and O–H groups in total. The van der Waals surface area contributed by atoms with Crippen molar-refractivity contribution in [2.75, 3.05) is 13.1 Å². The van der Waals surface area contributed by atoms with Crippen molar-refractivity contribution >= 4 is 23.3 Å². The van der Waals surface area contributed by atoms with Gasteiger partial charge in [-0.1, -0.05) is 31.2 Å². The lowest BCUT2D eigenvalue weighted by molar-refractivity contribution is -0.930. The van der Waals surface area contributed by atoms with E-state index in [1.807, 2.05) is 0 Å². The molecule has 1 aliphatic rings. The summed E-state index contributed by atoms with van der Waals surface area (Å²) >= 11 is 5.93. The highest BCUT2D eigenvalue weighted by Gasteiger charge is 2.22. The fraction of sp³-hybridized carbons (Fsp3) is 0.381. The summed E-state index contributed by atoms with van der Waals surface area (Å²) in [7, 11) is 0. The van der Waals surface area contributed by atoms with Crippen molar-refractivity contribution in [3.63, 3.8) is 0 Å². The molecule has 0 spiro atoms. The molecule has 2 atom stereocenters. The standard InChI is InChI=1S/C21H25N3S/c1-16-7-5-9-18(13-16)24-20-11-4-3-10-19(20)23(21(24)25)15-22-12-6-8-17(2)14-22/h3-5,7,9-11,13,17H,6,8,12,14-15H2,1-2H3/p+1/t17-/m1/s1. The SMILES string of the molecule is Cc1cccc(-n2c(=S)n(C[NH+]3CCC[C@@H](C)C3)c3ccccc32)c1. The molecule has 0 bridgehead atoms. The Morgan fingerprint density at radius 3 is 2.68 bits per heavy atom. The number of quaternary nitrogens is 1. The third-order valence-corrected chi connectivity index (χ3v) is 5.74. The molecular weight excluding hydrogens is 326 g/mol. The number of hydrogen-bond acceptors (Lipinski definition) is 1. The van der Waals surface area contributed by atoms with Gasteiger partial charge < -0.3 is 4.90 Å². The van der Waals surface area contributed by atoms with E-state index in [0.29, 0.717) is 0 Å². The summed E-state index contributed by atoms with van der Waals surface area (Å²) in [6.45, 7) is 7.95. The predicted molar refractivity (Wildman–Crippen MR) is 106 cm³/mol. The molecule has 2 heterocycles. The summed E-state index contributed by atoms with van der Waals surface area (Å²) in [5.74, 6) is 0.808. The van der Waals surface area contributed by atoms with Crippen molar-refractivity contribution in [3.8, 4) is 5.69 Å². The van der Waals surface area contributed by atoms with Crippen LogP contribution in [0.3, 0.4) is 0 Å². The molecule has 2 aromatic carbocycles. The van der Waals surface area contributed by atoms with Gasteiger partial charge in [0.25, 0.3) is 0 Å². The summed E-state index contributed by atoms with van der Waals surface area (Å²) in [5.41, 5.74) is 4.84. The third kappa shape index (κ3) is 3.16. The molecule has 1 saturated heterocycles. The van der Waals surface area contributed by atoms with Crippen molar-refractivity contribution in [1.29, 1.82) is 0 Å². The smallest absolute Gasteiger partial charge is 0.189 e. The molecule has 1 aromatic heterocycles. The summed E-state index contributed by atoms with van der Waals surface area (Å²) in [5, 5.41) is 0. The first-order chi connectivity index (χ1) is 12.1. The number of nitrogens with zero attached hydrogens (tertiary/aromatic N) is 2. The summed E-state index contributed by atoms with van der Waals surface area (Å²) in [6.07, 6.45) is 2.68. The van der Waals surface area contributed by atoms with Crippen LogP contribution in [-0.2, 0) is 6.67 Å². The zero-order chi connectivity index (χ0) is 17.4. The number of hydrogen-bond donors (Lipinski definition) is 1. The molecular formula is C21H26N3S+. The van der Waals surface area contributed by atoms with Gasteiger partial charge in [0, 0.05) is 11.6 Å². The number of para-hydroxylation sites is 2. The second-order valence-corrected chi connectivity index (χ2v) is 7.85. The van der Waals surface area contributed by atoms with E-state index in [9.17, 15) is 0 Å². The number of rotatable bonds is 3. The van der Waals surface area contributed by atoms with Gasteiger partial charge in [-0.25, -0.2) is 0 Å². The molecule has 3 nitrogen and oxygen atoms in total. The van der Waals surface area contributed by atoms with E-state index >= 15 is 0 Å². The highest BCUT2D eigenvalue weighted by atomic mass is 32.1. The first-order valence-corrected chi connectivity index (χ1v) is 9.65. The van der Waals surface area contributed by atoms with Crippen LogP contribution < -0.4 is 4.90 Å². The lowest BCUT2D eigenvalue weighted by Gasteiger charge is -2.28. The number of likely N-dealkylation sites (tertiary alicyclic amines) is 1. The van der Waals surface area contributed by atoms with Gasteiger partial charge in [-0.3, -0.25) is 9.13 Å². The maximum atomic E-state index is 5.93. The zero-order valence-electron chi connectivity index (χ0n) is 15.0. The van der Waals surface area contributed by atoms with Gasteiger partial charge in [0.05, 0.1) is 24.1 Å². The van der Waals surface area contributed by atoms with Gasteiger partial charge in [0.1, 0.15) is 0 Å². The molecule has 0 aliphatic carbocycles. The van der Waals surface area contributed by atoms with Crippen LogP contribution in [0.4, 0.5) is 0 Å². The van der Waals surface area contributed by atoms with E-state index in [1.165, 1.54) is 42.5 Å². The van der Waals surface area contributed by atoms with Crippen LogP contribution >= 0.6 is 12.2 Å². The molecule has 1 unspecified atom stereocenters. The number of aromatic nitrogens is 2. The molecule has 25 heavy (non-hydrogen) atoms. The largest absolute Gasteiger partial charge is 0.317 e. The van der Waals surface area contributed by atoms with E-state index in [0.717, 1.165) is 23.0 Å². The zero-order valence-corrected chi connectivity index (χ0v) is 15.9. The highest BCUT2D eigenvalue weighted by Crippen LogP contribution is 2.22. The third-order valence-electron chi connectivity index (χ3n) is 5.34. The molecule has 0 amide bonds. The molecule has 4 rings (SSSR count). The van der Waals surface area contributed by atoms with Crippen molar-refractivity contribution in [1.82, 2.24) is 9.13 Å². The Kier molecular flexibility index (Phi) is 4.48. The Labute approximate surface area is 154 Å². The van der Waals surface area contributed by atoms with E-state index < -0.39 is 0 Å². The maximum absolute atomic E-state index is 5.93. The Balaban J connectivity index is 1.83. The minimum absolute atomic E-state index is 0.808. The number of piperidine rings is 1. The van der Waals surface area contributed by atoms with Crippen LogP contribution in [0.25, 0.3) is 16.7 Å². The van der Waals surface area contributed by atoms with Crippen LogP contribution in [0.2, 0.25) is 0 Å².